The highest BCUT2D eigenvalue weighted by molar-refractivity contribution is 4.91. The Balaban J connectivity index is 3.00. The van der Waals surface area contributed by atoms with Gasteiger partial charge in [-0.25, -0.2) is 0 Å². The fraction of sp³-hybridized carbons (Fsp3) is 0.688. The Morgan fingerprint density at radius 3 is 2.00 bits per heavy atom. The molecule has 0 rings (SSSR count). The predicted octanol–water partition coefficient (Wildman–Crippen LogP) is 5.85. The van der Waals surface area contributed by atoms with Gasteiger partial charge in [0.1, 0.15) is 0 Å². The van der Waals surface area contributed by atoms with E-state index in [-0.39, 0.29) is 0 Å². The molecule has 93 valence electrons. The summed E-state index contributed by atoms with van der Waals surface area (Å²) in [5, 5.41) is 0. The van der Waals surface area contributed by atoms with Crippen molar-refractivity contribution in [3.8, 4) is 0 Å². The van der Waals surface area contributed by atoms with Gasteiger partial charge in [-0.15, -0.1) is 0 Å². The summed E-state index contributed by atoms with van der Waals surface area (Å²) in [6.45, 7) is 5.93. The fourth-order valence-electron chi connectivity index (χ4n) is 1.75. The van der Waals surface area contributed by atoms with Crippen LogP contribution in [0.5, 0.6) is 0 Å². The van der Waals surface area contributed by atoms with Crippen LogP contribution in [0.2, 0.25) is 0 Å². The molecule has 0 amide bonds. The van der Waals surface area contributed by atoms with Crippen molar-refractivity contribution in [2.75, 3.05) is 0 Å². The van der Waals surface area contributed by atoms with Crippen LogP contribution in [0, 0.1) is 6.92 Å². The van der Waals surface area contributed by atoms with Crippen molar-refractivity contribution in [1.29, 1.82) is 0 Å². The minimum Gasteiger partial charge on any atom is -0.0914 e. The molecule has 0 saturated heterocycles. The van der Waals surface area contributed by atoms with Crippen LogP contribution in [-0.4, -0.2) is 0 Å². The van der Waals surface area contributed by atoms with E-state index in [9.17, 15) is 0 Å². The molecule has 0 nitrogen and oxygen atoms in total. The molecule has 0 aromatic heterocycles. The number of unbranched alkanes of at least 4 members (excludes halogenated alkanes) is 8. The highest BCUT2D eigenvalue weighted by Gasteiger charge is 1.89. The maximum atomic E-state index is 3.86. The number of allylic oxidation sites excluding steroid dienone is 4. The Bertz CT molecular complexity index is 165. The third kappa shape index (κ3) is 13.5. The van der Waals surface area contributed by atoms with Gasteiger partial charge in [0, 0.05) is 0 Å². The lowest BCUT2D eigenvalue weighted by atomic mass is 10.1. The van der Waals surface area contributed by atoms with E-state index in [1.54, 1.807) is 0 Å². The van der Waals surface area contributed by atoms with Gasteiger partial charge in [0.25, 0.3) is 0 Å². The van der Waals surface area contributed by atoms with Crippen molar-refractivity contribution in [2.45, 2.75) is 71.1 Å². The van der Waals surface area contributed by atoms with Crippen molar-refractivity contribution < 1.29 is 0 Å². The van der Waals surface area contributed by atoms with Gasteiger partial charge in [-0.3, -0.25) is 0 Å². The summed E-state index contributed by atoms with van der Waals surface area (Å²) in [7, 11) is 0. The van der Waals surface area contributed by atoms with Gasteiger partial charge in [0.05, 0.1) is 0 Å². The molecule has 0 aromatic rings. The van der Waals surface area contributed by atoms with Gasteiger partial charge in [-0.2, -0.15) is 0 Å². The molecule has 0 atom stereocenters. The number of rotatable bonds is 11. The SMILES string of the molecule is [CH2]CCCCCCCCC/C=C\C/C=C/C. The van der Waals surface area contributed by atoms with Crippen LogP contribution in [0.1, 0.15) is 71.1 Å². The Morgan fingerprint density at radius 2 is 1.38 bits per heavy atom. The highest BCUT2D eigenvalue weighted by atomic mass is 14.0. The van der Waals surface area contributed by atoms with Crippen molar-refractivity contribution in [3.05, 3.63) is 31.2 Å². The summed E-state index contributed by atoms with van der Waals surface area (Å²) < 4.78 is 0. The maximum Gasteiger partial charge on any atom is -0.0169 e. The van der Waals surface area contributed by atoms with Gasteiger partial charge >= 0.3 is 0 Å². The molecular formula is C16H29. The molecule has 0 unspecified atom stereocenters. The Morgan fingerprint density at radius 1 is 0.750 bits per heavy atom. The first-order valence-electron chi connectivity index (χ1n) is 6.97. The molecule has 16 heavy (non-hydrogen) atoms. The second-order valence-electron chi connectivity index (χ2n) is 4.39. The maximum absolute atomic E-state index is 3.86. The highest BCUT2D eigenvalue weighted by Crippen LogP contribution is 2.09. The Labute approximate surface area is 103 Å². The summed E-state index contributed by atoms with van der Waals surface area (Å²) in [6, 6.07) is 0. The molecule has 0 aliphatic carbocycles. The van der Waals surface area contributed by atoms with E-state index in [1.165, 1.54) is 51.4 Å². The summed E-state index contributed by atoms with van der Waals surface area (Å²) in [6.07, 6.45) is 22.1. The molecule has 1 radical (unpaired) electrons. The van der Waals surface area contributed by atoms with Crippen LogP contribution in [0.15, 0.2) is 24.3 Å². The number of hydrogen-bond donors (Lipinski definition) is 0. The first-order chi connectivity index (χ1) is 7.91. The standard InChI is InChI=1S/C16H29/c1-3-5-7-9-11-13-15-16-14-12-10-8-6-4-2/h4,6,10,12H,1,3,5,7-9,11,13-16H2,2H3/b6-4+,12-10-. The summed E-state index contributed by atoms with van der Waals surface area (Å²) in [4.78, 5) is 0. The van der Waals surface area contributed by atoms with Crippen LogP contribution in [0.3, 0.4) is 0 Å². The molecule has 0 spiro atoms. The number of hydrogen-bond acceptors (Lipinski definition) is 0. The van der Waals surface area contributed by atoms with Gasteiger partial charge in [-0.1, -0.05) is 76.2 Å². The topological polar surface area (TPSA) is 0 Å². The molecular weight excluding hydrogens is 192 g/mol. The van der Waals surface area contributed by atoms with Crippen LogP contribution in [0.4, 0.5) is 0 Å². The van der Waals surface area contributed by atoms with Gasteiger partial charge in [0.15, 0.2) is 0 Å². The molecule has 0 N–H and O–H groups in total. The smallest absolute Gasteiger partial charge is 0.0169 e. The molecule has 0 aromatic carbocycles. The van der Waals surface area contributed by atoms with Crippen LogP contribution >= 0.6 is 0 Å². The molecule has 0 bridgehead atoms. The van der Waals surface area contributed by atoms with Gasteiger partial charge in [0.2, 0.25) is 0 Å². The summed E-state index contributed by atoms with van der Waals surface area (Å²) in [5.41, 5.74) is 0. The zero-order valence-electron chi connectivity index (χ0n) is 11.1. The van der Waals surface area contributed by atoms with Gasteiger partial charge in [-0.05, 0) is 26.2 Å². The Hall–Kier alpha value is -0.520. The third-order valence-corrected chi connectivity index (χ3v) is 2.80. The van der Waals surface area contributed by atoms with Crippen LogP contribution in [0.25, 0.3) is 0 Å². The minimum absolute atomic E-state index is 1.10. The molecule has 0 saturated carbocycles. The first kappa shape index (κ1) is 15.5. The lowest BCUT2D eigenvalue weighted by Crippen LogP contribution is -1.79. The quantitative estimate of drug-likeness (QED) is 0.303. The fourth-order valence-corrected chi connectivity index (χ4v) is 1.75. The first-order valence-corrected chi connectivity index (χ1v) is 6.97. The molecule has 0 fully saturated rings. The van der Waals surface area contributed by atoms with E-state index < -0.39 is 0 Å². The van der Waals surface area contributed by atoms with E-state index >= 15 is 0 Å². The molecule has 0 aliphatic heterocycles. The second-order valence-corrected chi connectivity index (χ2v) is 4.39. The second kappa shape index (κ2) is 14.5. The van der Waals surface area contributed by atoms with E-state index in [0.717, 1.165) is 12.8 Å². The predicted molar refractivity (Wildman–Crippen MR) is 75.5 cm³/mol. The molecule has 0 heteroatoms. The van der Waals surface area contributed by atoms with E-state index in [2.05, 4.69) is 38.2 Å². The van der Waals surface area contributed by atoms with Crippen molar-refractivity contribution in [3.63, 3.8) is 0 Å². The monoisotopic (exact) mass is 221 g/mol. The zero-order valence-corrected chi connectivity index (χ0v) is 11.1. The van der Waals surface area contributed by atoms with Gasteiger partial charge < -0.3 is 0 Å². The van der Waals surface area contributed by atoms with Crippen molar-refractivity contribution in [1.82, 2.24) is 0 Å². The molecule has 0 heterocycles. The van der Waals surface area contributed by atoms with Crippen molar-refractivity contribution >= 4 is 0 Å². The average Bonchev–Trinajstić information content (AvgIpc) is 2.31. The van der Waals surface area contributed by atoms with E-state index in [4.69, 9.17) is 0 Å². The normalized spacial score (nSPS) is 11.9. The molecule has 0 aliphatic rings. The lowest BCUT2D eigenvalue weighted by Gasteiger charge is -1.99. The summed E-state index contributed by atoms with van der Waals surface area (Å²) >= 11 is 0. The zero-order chi connectivity index (χ0) is 11.9. The lowest BCUT2D eigenvalue weighted by molar-refractivity contribution is 0.583. The van der Waals surface area contributed by atoms with E-state index in [0.29, 0.717) is 0 Å². The largest absolute Gasteiger partial charge is 0.0914 e. The minimum atomic E-state index is 1.10. The van der Waals surface area contributed by atoms with Crippen molar-refractivity contribution in [2.24, 2.45) is 0 Å². The summed E-state index contributed by atoms with van der Waals surface area (Å²) in [5.74, 6) is 0. The van der Waals surface area contributed by atoms with Crippen LogP contribution < -0.4 is 0 Å². The van der Waals surface area contributed by atoms with Crippen LogP contribution in [-0.2, 0) is 0 Å². The van der Waals surface area contributed by atoms with E-state index in [1.807, 2.05) is 0 Å². The Kier molecular flexibility index (Phi) is 14.0. The average molecular weight is 221 g/mol. The third-order valence-electron chi connectivity index (χ3n) is 2.80.